The van der Waals surface area contributed by atoms with E-state index in [1.807, 2.05) is 17.5 Å². The highest BCUT2D eigenvalue weighted by Gasteiger charge is 2.24. The van der Waals surface area contributed by atoms with Crippen LogP contribution in [0.2, 0.25) is 0 Å². The lowest BCUT2D eigenvalue weighted by molar-refractivity contribution is -0.162. The molecule has 0 amide bonds. The molecule has 0 fully saturated rings. The van der Waals surface area contributed by atoms with E-state index in [9.17, 15) is 9.59 Å². The molecule has 0 aliphatic carbocycles. The number of rotatable bonds is 2. The minimum absolute atomic E-state index is 0.520. The van der Waals surface area contributed by atoms with Crippen LogP contribution in [0.4, 0.5) is 0 Å². The van der Waals surface area contributed by atoms with Crippen molar-refractivity contribution < 1.29 is 14.3 Å². The standard InChI is InChI=1S/C12H14O3S/c1-12(2,3)11(14)15-10(13)7-6-9-5-4-8-16-9/h4-8H,1-3H3. The van der Waals surface area contributed by atoms with Gasteiger partial charge in [-0.05, 0) is 38.3 Å². The Bertz CT molecular complexity index is 396. The van der Waals surface area contributed by atoms with Crippen LogP contribution in [-0.2, 0) is 14.3 Å². The first-order valence-electron chi connectivity index (χ1n) is 4.87. The van der Waals surface area contributed by atoms with Gasteiger partial charge in [-0.25, -0.2) is 4.79 Å². The van der Waals surface area contributed by atoms with Crippen LogP contribution in [0.1, 0.15) is 25.6 Å². The fraction of sp³-hybridized carbons (Fsp3) is 0.333. The second kappa shape index (κ2) is 5.07. The van der Waals surface area contributed by atoms with Gasteiger partial charge in [0.05, 0.1) is 5.41 Å². The smallest absolute Gasteiger partial charge is 0.338 e. The summed E-state index contributed by atoms with van der Waals surface area (Å²) in [6, 6.07) is 3.76. The first-order valence-corrected chi connectivity index (χ1v) is 5.75. The van der Waals surface area contributed by atoms with Gasteiger partial charge < -0.3 is 4.74 Å². The SMILES string of the molecule is CC(C)(C)C(=O)OC(=O)C=Cc1cccs1. The van der Waals surface area contributed by atoms with E-state index in [0.717, 1.165) is 4.88 Å². The summed E-state index contributed by atoms with van der Waals surface area (Å²) in [5.41, 5.74) is -0.660. The van der Waals surface area contributed by atoms with Crippen LogP contribution in [0.5, 0.6) is 0 Å². The monoisotopic (exact) mass is 238 g/mol. The molecule has 0 aliphatic rings. The molecule has 0 saturated heterocycles. The Labute approximate surface area is 98.7 Å². The number of hydrogen-bond acceptors (Lipinski definition) is 4. The van der Waals surface area contributed by atoms with Gasteiger partial charge in [-0.15, -0.1) is 11.3 Å². The third-order valence-corrected chi connectivity index (χ3v) is 2.57. The minimum atomic E-state index is -0.660. The van der Waals surface area contributed by atoms with Crippen LogP contribution >= 0.6 is 11.3 Å². The molecular formula is C12H14O3S. The van der Waals surface area contributed by atoms with Crippen LogP contribution in [0.15, 0.2) is 23.6 Å². The zero-order valence-corrected chi connectivity index (χ0v) is 10.3. The van der Waals surface area contributed by atoms with Gasteiger partial charge in [-0.1, -0.05) is 6.07 Å². The largest absolute Gasteiger partial charge is 0.389 e. The van der Waals surface area contributed by atoms with E-state index in [0.29, 0.717) is 0 Å². The van der Waals surface area contributed by atoms with Crippen molar-refractivity contribution in [3.05, 3.63) is 28.5 Å². The molecule has 0 aromatic carbocycles. The highest BCUT2D eigenvalue weighted by Crippen LogP contribution is 2.15. The van der Waals surface area contributed by atoms with Gasteiger partial charge in [0, 0.05) is 11.0 Å². The van der Waals surface area contributed by atoms with Crippen LogP contribution in [0, 0.1) is 5.41 Å². The van der Waals surface area contributed by atoms with Crippen LogP contribution < -0.4 is 0 Å². The second-order valence-electron chi connectivity index (χ2n) is 4.31. The minimum Gasteiger partial charge on any atom is -0.389 e. The maximum Gasteiger partial charge on any atom is 0.338 e. The molecule has 4 heteroatoms. The molecule has 0 saturated carbocycles. The van der Waals surface area contributed by atoms with E-state index in [1.165, 1.54) is 17.4 Å². The van der Waals surface area contributed by atoms with E-state index < -0.39 is 17.4 Å². The Hall–Kier alpha value is -1.42. The lowest BCUT2D eigenvalue weighted by Crippen LogP contribution is -2.25. The Morgan fingerprint density at radius 3 is 2.56 bits per heavy atom. The number of thiophene rings is 1. The molecule has 0 N–H and O–H groups in total. The maximum absolute atomic E-state index is 11.4. The number of carbonyl (C=O) groups excluding carboxylic acids is 2. The van der Waals surface area contributed by atoms with Crippen molar-refractivity contribution in [3.8, 4) is 0 Å². The molecule has 1 rings (SSSR count). The highest BCUT2D eigenvalue weighted by atomic mass is 32.1. The van der Waals surface area contributed by atoms with Gasteiger partial charge in [-0.3, -0.25) is 4.79 Å². The van der Waals surface area contributed by atoms with Gasteiger partial charge >= 0.3 is 11.9 Å². The molecule has 86 valence electrons. The summed E-state index contributed by atoms with van der Waals surface area (Å²) in [4.78, 5) is 23.6. The van der Waals surface area contributed by atoms with Crippen molar-refractivity contribution in [2.24, 2.45) is 5.41 Å². The van der Waals surface area contributed by atoms with Crippen molar-refractivity contribution in [1.29, 1.82) is 0 Å². The molecule has 0 aliphatic heterocycles. The van der Waals surface area contributed by atoms with Gasteiger partial charge in [0.1, 0.15) is 0 Å². The lowest BCUT2D eigenvalue weighted by atomic mass is 9.97. The fourth-order valence-corrected chi connectivity index (χ4v) is 1.43. The Morgan fingerprint density at radius 2 is 2.06 bits per heavy atom. The molecule has 16 heavy (non-hydrogen) atoms. The van der Waals surface area contributed by atoms with Crippen LogP contribution in [0.3, 0.4) is 0 Å². The maximum atomic E-state index is 11.4. The third-order valence-electron chi connectivity index (χ3n) is 1.73. The van der Waals surface area contributed by atoms with Gasteiger partial charge in [0.2, 0.25) is 0 Å². The van der Waals surface area contributed by atoms with Crippen molar-refractivity contribution in [3.63, 3.8) is 0 Å². The van der Waals surface area contributed by atoms with E-state index in [1.54, 1.807) is 26.8 Å². The second-order valence-corrected chi connectivity index (χ2v) is 5.29. The van der Waals surface area contributed by atoms with Crippen molar-refractivity contribution in [1.82, 2.24) is 0 Å². The Morgan fingerprint density at radius 1 is 1.38 bits per heavy atom. The zero-order valence-electron chi connectivity index (χ0n) is 9.52. The van der Waals surface area contributed by atoms with Crippen molar-refractivity contribution >= 4 is 29.4 Å². The molecule has 0 spiro atoms. The molecule has 0 atom stereocenters. The number of ether oxygens (including phenoxy) is 1. The first kappa shape index (κ1) is 12.6. The Balaban J connectivity index is 2.52. The normalized spacial score (nSPS) is 11.7. The summed E-state index contributed by atoms with van der Waals surface area (Å²) < 4.78 is 4.65. The average Bonchev–Trinajstić information content (AvgIpc) is 2.65. The molecule has 0 radical (unpaired) electrons. The van der Waals surface area contributed by atoms with E-state index in [4.69, 9.17) is 0 Å². The van der Waals surface area contributed by atoms with Crippen LogP contribution in [0.25, 0.3) is 6.08 Å². The van der Waals surface area contributed by atoms with E-state index >= 15 is 0 Å². The molecule has 1 heterocycles. The number of carbonyl (C=O) groups is 2. The quantitative estimate of drug-likeness (QED) is 0.452. The summed E-state index contributed by atoms with van der Waals surface area (Å²) >= 11 is 1.51. The van der Waals surface area contributed by atoms with Gasteiger partial charge in [0.15, 0.2) is 0 Å². The van der Waals surface area contributed by atoms with Crippen molar-refractivity contribution in [2.75, 3.05) is 0 Å². The molecule has 0 bridgehead atoms. The fourth-order valence-electron chi connectivity index (χ4n) is 0.815. The summed E-state index contributed by atoms with van der Waals surface area (Å²) in [6.07, 6.45) is 2.89. The van der Waals surface area contributed by atoms with E-state index in [2.05, 4.69) is 4.74 Å². The van der Waals surface area contributed by atoms with Gasteiger partial charge in [0.25, 0.3) is 0 Å². The molecule has 1 aromatic rings. The average molecular weight is 238 g/mol. The highest BCUT2D eigenvalue weighted by molar-refractivity contribution is 7.10. The summed E-state index contributed by atoms with van der Waals surface area (Å²) in [7, 11) is 0. The summed E-state index contributed by atoms with van der Waals surface area (Å²) in [5, 5.41) is 1.91. The van der Waals surface area contributed by atoms with Crippen molar-refractivity contribution in [2.45, 2.75) is 20.8 Å². The topological polar surface area (TPSA) is 43.4 Å². The predicted octanol–water partition coefficient (Wildman–Crippen LogP) is 2.88. The van der Waals surface area contributed by atoms with E-state index in [-0.39, 0.29) is 0 Å². The summed E-state index contributed by atoms with van der Waals surface area (Å²) in [6.45, 7) is 5.10. The third kappa shape index (κ3) is 3.98. The Kier molecular flexibility index (Phi) is 4.01. The summed E-state index contributed by atoms with van der Waals surface area (Å²) in [5.74, 6) is -1.15. The first-order chi connectivity index (χ1) is 7.39. The predicted molar refractivity (Wildman–Crippen MR) is 63.9 cm³/mol. The molecular weight excluding hydrogens is 224 g/mol. The number of hydrogen-bond donors (Lipinski definition) is 0. The lowest BCUT2D eigenvalue weighted by Gasteiger charge is -2.14. The van der Waals surface area contributed by atoms with Gasteiger partial charge in [-0.2, -0.15) is 0 Å². The number of esters is 2. The molecule has 0 unspecified atom stereocenters. The molecule has 1 aromatic heterocycles. The zero-order chi connectivity index (χ0) is 12.2. The molecule has 3 nitrogen and oxygen atoms in total. The van der Waals surface area contributed by atoms with Crippen LogP contribution in [-0.4, -0.2) is 11.9 Å².